The van der Waals surface area contributed by atoms with E-state index in [-0.39, 0.29) is 0 Å². The Kier molecular flexibility index (Phi) is 5.81. The van der Waals surface area contributed by atoms with Crippen LogP contribution in [0.2, 0.25) is 5.02 Å². The zero-order chi connectivity index (χ0) is 15.1. The van der Waals surface area contributed by atoms with E-state index < -0.39 is 0 Å². The summed E-state index contributed by atoms with van der Waals surface area (Å²) in [6.45, 7) is 5.09. The van der Waals surface area contributed by atoms with Crippen LogP contribution >= 0.6 is 11.6 Å². The summed E-state index contributed by atoms with van der Waals surface area (Å²) in [5.41, 5.74) is 1.80. The number of unbranched alkanes of at least 4 members (excludes halogenated alkanes) is 2. The van der Waals surface area contributed by atoms with Gasteiger partial charge in [-0.3, -0.25) is 0 Å². The van der Waals surface area contributed by atoms with Crippen molar-refractivity contribution < 1.29 is 0 Å². The first kappa shape index (κ1) is 15.6. The molecule has 0 aliphatic heterocycles. The second-order valence-corrected chi connectivity index (χ2v) is 5.42. The minimum absolute atomic E-state index is 0.579. The minimum atomic E-state index is 0.579. The quantitative estimate of drug-likeness (QED) is 0.722. The molecular formula is C16H21ClN4. The van der Waals surface area contributed by atoms with Gasteiger partial charge in [-0.15, -0.1) is 0 Å². The molecule has 5 heteroatoms. The number of aromatic nitrogens is 2. The molecule has 2 N–H and O–H groups in total. The highest BCUT2D eigenvalue weighted by Gasteiger charge is 2.03. The van der Waals surface area contributed by atoms with Gasteiger partial charge in [-0.05, 0) is 31.5 Å². The number of aryl methyl sites for hydroxylation is 1. The maximum atomic E-state index is 5.98. The van der Waals surface area contributed by atoms with Gasteiger partial charge in [0.05, 0.1) is 0 Å². The summed E-state index contributed by atoms with van der Waals surface area (Å²) in [4.78, 5) is 8.88. The summed E-state index contributed by atoms with van der Waals surface area (Å²) in [7, 11) is 0. The van der Waals surface area contributed by atoms with Crippen LogP contribution in [-0.4, -0.2) is 16.5 Å². The predicted molar refractivity (Wildman–Crippen MR) is 89.5 cm³/mol. The molecule has 0 atom stereocenters. The van der Waals surface area contributed by atoms with E-state index >= 15 is 0 Å². The van der Waals surface area contributed by atoms with E-state index in [1.807, 2.05) is 37.3 Å². The molecule has 1 aromatic carbocycles. The van der Waals surface area contributed by atoms with Gasteiger partial charge in [0.2, 0.25) is 5.95 Å². The lowest BCUT2D eigenvalue weighted by Gasteiger charge is -2.10. The molecular weight excluding hydrogens is 284 g/mol. The maximum Gasteiger partial charge on any atom is 0.229 e. The standard InChI is InChI=1S/C16H21ClN4/c1-3-4-5-9-18-15-10-12(2)19-16(21-15)20-14-8-6-7-13(17)11-14/h6-8,10-11H,3-5,9H2,1-2H3,(H2,18,19,20,21). The Bertz CT molecular complexity index is 586. The normalized spacial score (nSPS) is 10.4. The minimum Gasteiger partial charge on any atom is -0.370 e. The summed E-state index contributed by atoms with van der Waals surface area (Å²) in [5, 5.41) is 7.21. The Morgan fingerprint density at radius 2 is 2.00 bits per heavy atom. The van der Waals surface area contributed by atoms with Gasteiger partial charge in [0.15, 0.2) is 0 Å². The Morgan fingerprint density at radius 3 is 2.76 bits per heavy atom. The van der Waals surface area contributed by atoms with Gasteiger partial charge in [-0.2, -0.15) is 4.98 Å². The van der Waals surface area contributed by atoms with E-state index in [4.69, 9.17) is 11.6 Å². The molecule has 1 heterocycles. The summed E-state index contributed by atoms with van der Waals surface area (Å²) >= 11 is 5.98. The molecule has 0 aliphatic carbocycles. The van der Waals surface area contributed by atoms with E-state index in [1.54, 1.807) is 0 Å². The van der Waals surface area contributed by atoms with Crippen molar-refractivity contribution in [3.63, 3.8) is 0 Å². The smallest absolute Gasteiger partial charge is 0.229 e. The van der Waals surface area contributed by atoms with Crippen LogP contribution in [0.25, 0.3) is 0 Å². The van der Waals surface area contributed by atoms with Crippen LogP contribution in [0.4, 0.5) is 17.5 Å². The fraction of sp³-hybridized carbons (Fsp3) is 0.375. The number of benzene rings is 1. The number of halogens is 1. The van der Waals surface area contributed by atoms with Crippen molar-refractivity contribution in [2.24, 2.45) is 0 Å². The van der Waals surface area contributed by atoms with Gasteiger partial charge < -0.3 is 10.6 Å². The number of rotatable bonds is 7. The average molecular weight is 305 g/mol. The molecule has 0 saturated heterocycles. The highest BCUT2D eigenvalue weighted by Crippen LogP contribution is 2.19. The fourth-order valence-electron chi connectivity index (χ4n) is 2.00. The second kappa shape index (κ2) is 7.84. The lowest BCUT2D eigenvalue weighted by molar-refractivity contribution is 0.742. The SMILES string of the molecule is CCCCCNc1cc(C)nc(Nc2cccc(Cl)c2)n1. The van der Waals surface area contributed by atoms with Crippen LogP contribution < -0.4 is 10.6 Å². The fourth-order valence-corrected chi connectivity index (χ4v) is 2.19. The molecule has 0 spiro atoms. The van der Waals surface area contributed by atoms with Crippen molar-refractivity contribution in [1.82, 2.24) is 9.97 Å². The van der Waals surface area contributed by atoms with Crippen molar-refractivity contribution in [2.45, 2.75) is 33.1 Å². The van der Waals surface area contributed by atoms with Crippen molar-refractivity contribution in [2.75, 3.05) is 17.2 Å². The lowest BCUT2D eigenvalue weighted by Crippen LogP contribution is -2.06. The molecule has 112 valence electrons. The molecule has 0 fully saturated rings. The van der Waals surface area contributed by atoms with E-state index in [0.717, 1.165) is 30.2 Å². The van der Waals surface area contributed by atoms with Crippen molar-refractivity contribution >= 4 is 29.1 Å². The molecule has 2 aromatic rings. The number of nitrogens with zero attached hydrogens (tertiary/aromatic N) is 2. The van der Waals surface area contributed by atoms with Crippen LogP contribution in [-0.2, 0) is 0 Å². The summed E-state index contributed by atoms with van der Waals surface area (Å²) in [5.74, 6) is 1.43. The highest BCUT2D eigenvalue weighted by atomic mass is 35.5. The maximum absolute atomic E-state index is 5.98. The lowest BCUT2D eigenvalue weighted by atomic mass is 10.2. The van der Waals surface area contributed by atoms with Gasteiger partial charge >= 0.3 is 0 Å². The summed E-state index contributed by atoms with van der Waals surface area (Å²) in [6.07, 6.45) is 3.59. The molecule has 0 saturated carbocycles. The molecule has 21 heavy (non-hydrogen) atoms. The third kappa shape index (κ3) is 5.23. The van der Waals surface area contributed by atoms with Crippen LogP contribution in [0.1, 0.15) is 31.9 Å². The first-order valence-corrected chi connectivity index (χ1v) is 7.67. The zero-order valence-corrected chi connectivity index (χ0v) is 13.2. The topological polar surface area (TPSA) is 49.8 Å². The summed E-state index contributed by atoms with van der Waals surface area (Å²) in [6, 6.07) is 9.47. The third-order valence-electron chi connectivity index (χ3n) is 3.02. The molecule has 0 bridgehead atoms. The largest absolute Gasteiger partial charge is 0.370 e. The summed E-state index contributed by atoms with van der Waals surface area (Å²) < 4.78 is 0. The molecule has 0 unspecified atom stereocenters. The molecule has 0 aliphatic rings. The first-order valence-electron chi connectivity index (χ1n) is 7.29. The monoisotopic (exact) mass is 304 g/mol. The van der Waals surface area contributed by atoms with Crippen LogP contribution in [0, 0.1) is 6.92 Å². The number of hydrogen-bond acceptors (Lipinski definition) is 4. The van der Waals surface area contributed by atoms with Crippen molar-refractivity contribution in [3.8, 4) is 0 Å². The van der Waals surface area contributed by atoms with E-state index in [0.29, 0.717) is 11.0 Å². The van der Waals surface area contributed by atoms with Crippen LogP contribution in [0.15, 0.2) is 30.3 Å². The van der Waals surface area contributed by atoms with E-state index in [1.165, 1.54) is 12.8 Å². The van der Waals surface area contributed by atoms with E-state index in [9.17, 15) is 0 Å². The van der Waals surface area contributed by atoms with Crippen LogP contribution in [0.3, 0.4) is 0 Å². The Labute approximate surface area is 131 Å². The van der Waals surface area contributed by atoms with Gasteiger partial charge in [0.25, 0.3) is 0 Å². The van der Waals surface area contributed by atoms with Gasteiger partial charge in [-0.25, -0.2) is 4.98 Å². The van der Waals surface area contributed by atoms with Gasteiger partial charge in [0, 0.05) is 29.0 Å². The zero-order valence-electron chi connectivity index (χ0n) is 12.5. The third-order valence-corrected chi connectivity index (χ3v) is 3.26. The Hall–Kier alpha value is -1.81. The molecule has 1 aromatic heterocycles. The first-order chi connectivity index (χ1) is 10.2. The van der Waals surface area contributed by atoms with Gasteiger partial charge in [-0.1, -0.05) is 37.4 Å². The molecule has 0 amide bonds. The van der Waals surface area contributed by atoms with Crippen molar-refractivity contribution in [1.29, 1.82) is 0 Å². The molecule has 0 radical (unpaired) electrons. The predicted octanol–water partition coefficient (Wildman–Crippen LogP) is 4.78. The van der Waals surface area contributed by atoms with Crippen molar-refractivity contribution in [3.05, 3.63) is 41.0 Å². The molecule has 4 nitrogen and oxygen atoms in total. The number of anilines is 3. The Balaban J connectivity index is 2.04. The second-order valence-electron chi connectivity index (χ2n) is 4.99. The number of nitrogens with one attached hydrogen (secondary N) is 2. The van der Waals surface area contributed by atoms with Crippen LogP contribution in [0.5, 0.6) is 0 Å². The molecule has 2 rings (SSSR count). The van der Waals surface area contributed by atoms with Gasteiger partial charge in [0.1, 0.15) is 5.82 Å². The average Bonchev–Trinajstić information content (AvgIpc) is 2.43. The Morgan fingerprint density at radius 1 is 1.14 bits per heavy atom. The van der Waals surface area contributed by atoms with E-state index in [2.05, 4.69) is 27.5 Å². The highest BCUT2D eigenvalue weighted by molar-refractivity contribution is 6.30. The number of hydrogen-bond donors (Lipinski definition) is 2.